The number of nitrogens with one attached hydrogen (secondary N) is 2. The van der Waals surface area contributed by atoms with Gasteiger partial charge in [-0.25, -0.2) is 4.99 Å². The molecular formula is C24H39N3O2S. The number of benzene rings is 1. The van der Waals surface area contributed by atoms with E-state index in [1.807, 2.05) is 0 Å². The average molecular weight is 434 g/mol. The first-order valence-electron chi connectivity index (χ1n) is 11.7. The van der Waals surface area contributed by atoms with Crippen LogP contribution in [0.4, 0.5) is 0 Å². The Bertz CT molecular complexity index is 647. The third-order valence-electron chi connectivity index (χ3n) is 5.78. The molecule has 2 unspecified atom stereocenters. The minimum Gasteiger partial charge on any atom is -0.381 e. The Labute approximate surface area is 186 Å². The van der Waals surface area contributed by atoms with Crippen LogP contribution in [0.2, 0.25) is 0 Å². The van der Waals surface area contributed by atoms with E-state index in [0.717, 1.165) is 43.8 Å². The lowest BCUT2D eigenvalue weighted by Crippen LogP contribution is -2.45. The first-order chi connectivity index (χ1) is 14.8. The number of guanidine groups is 1. The number of rotatable bonds is 9. The molecule has 1 aromatic carbocycles. The number of hydrogen-bond donors (Lipinski definition) is 2. The number of ether oxygens (including phenoxy) is 2. The molecule has 1 saturated carbocycles. The monoisotopic (exact) mass is 433 g/mol. The van der Waals surface area contributed by atoms with Gasteiger partial charge in [-0.05, 0) is 55.9 Å². The van der Waals surface area contributed by atoms with Crippen LogP contribution in [0.1, 0.15) is 63.5 Å². The summed E-state index contributed by atoms with van der Waals surface area (Å²) < 4.78 is 11.5. The van der Waals surface area contributed by atoms with Crippen molar-refractivity contribution < 1.29 is 9.47 Å². The summed E-state index contributed by atoms with van der Waals surface area (Å²) in [5, 5.41) is 7.90. The highest BCUT2D eigenvalue weighted by Crippen LogP contribution is 2.28. The molecule has 3 rings (SSSR count). The Morgan fingerprint density at radius 1 is 1.17 bits per heavy atom. The fraction of sp³-hybridized carbons (Fsp3) is 0.708. The molecule has 0 spiro atoms. The van der Waals surface area contributed by atoms with Crippen molar-refractivity contribution in [1.29, 1.82) is 0 Å². The van der Waals surface area contributed by atoms with Crippen LogP contribution in [0.25, 0.3) is 0 Å². The van der Waals surface area contributed by atoms with E-state index in [4.69, 9.17) is 14.5 Å². The normalized spacial score (nSPS) is 23.3. The number of thioether (sulfide) groups is 1. The molecule has 0 amide bonds. The van der Waals surface area contributed by atoms with Crippen LogP contribution in [-0.4, -0.2) is 48.9 Å². The van der Waals surface area contributed by atoms with Crippen LogP contribution < -0.4 is 10.6 Å². The molecule has 0 aromatic heterocycles. The molecule has 1 saturated heterocycles. The molecule has 2 fully saturated rings. The van der Waals surface area contributed by atoms with Crippen molar-refractivity contribution in [3.8, 4) is 0 Å². The van der Waals surface area contributed by atoms with Gasteiger partial charge in [-0.15, -0.1) is 0 Å². The van der Waals surface area contributed by atoms with Crippen LogP contribution in [0.5, 0.6) is 0 Å². The highest BCUT2D eigenvalue weighted by atomic mass is 32.2. The van der Waals surface area contributed by atoms with Crippen LogP contribution >= 0.6 is 11.8 Å². The standard InChI is InChI=1S/C24H39N3O2S/c1-3-25-24(27-21-9-6-10-23(16-21)30-4-2)26-17-19-7-5-8-20(15-19)18-29-22-11-13-28-14-12-22/h5,7-8,15,21-23H,3-4,6,9-14,16-18H2,1-2H3,(H2,25,26,27). The summed E-state index contributed by atoms with van der Waals surface area (Å²) in [4.78, 5) is 4.87. The number of nitrogens with zero attached hydrogens (tertiary/aromatic N) is 1. The fourth-order valence-corrected chi connectivity index (χ4v) is 5.39. The van der Waals surface area contributed by atoms with Gasteiger partial charge in [-0.2, -0.15) is 11.8 Å². The van der Waals surface area contributed by atoms with Gasteiger partial charge < -0.3 is 20.1 Å². The van der Waals surface area contributed by atoms with Crippen molar-refractivity contribution in [2.75, 3.05) is 25.5 Å². The molecule has 1 aliphatic heterocycles. The van der Waals surface area contributed by atoms with Crippen molar-refractivity contribution >= 4 is 17.7 Å². The second kappa shape index (κ2) is 13.2. The van der Waals surface area contributed by atoms with E-state index in [1.165, 1.54) is 42.6 Å². The van der Waals surface area contributed by atoms with Gasteiger partial charge in [-0.3, -0.25) is 0 Å². The van der Waals surface area contributed by atoms with E-state index >= 15 is 0 Å². The molecule has 1 heterocycles. The topological polar surface area (TPSA) is 54.9 Å². The maximum atomic E-state index is 6.08. The third-order valence-corrected chi connectivity index (χ3v) is 7.01. The number of aliphatic imine (C=N–C) groups is 1. The fourth-order valence-electron chi connectivity index (χ4n) is 4.22. The van der Waals surface area contributed by atoms with Crippen molar-refractivity contribution in [2.45, 2.75) is 82.9 Å². The predicted octanol–water partition coefficient (Wildman–Crippen LogP) is 4.50. The minimum atomic E-state index is 0.329. The maximum Gasteiger partial charge on any atom is 0.191 e. The Morgan fingerprint density at radius 2 is 2.00 bits per heavy atom. The molecule has 30 heavy (non-hydrogen) atoms. The largest absolute Gasteiger partial charge is 0.381 e. The van der Waals surface area contributed by atoms with E-state index in [1.54, 1.807) is 0 Å². The summed E-state index contributed by atoms with van der Waals surface area (Å²) in [6, 6.07) is 9.16. The van der Waals surface area contributed by atoms with Gasteiger partial charge in [0.15, 0.2) is 5.96 Å². The lowest BCUT2D eigenvalue weighted by Gasteiger charge is -2.30. The Morgan fingerprint density at radius 3 is 2.80 bits per heavy atom. The van der Waals surface area contributed by atoms with Gasteiger partial charge in [0.2, 0.25) is 0 Å². The van der Waals surface area contributed by atoms with E-state index < -0.39 is 0 Å². The van der Waals surface area contributed by atoms with Gasteiger partial charge >= 0.3 is 0 Å². The molecule has 0 bridgehead atoms. The van der Waals surface area contributed by atoms with Crippen LogP contribution in [0.15, 0.2) is 29.3 Å². The van der Waals surface area contributed by atoms with Gasteiger partial charge in [0.1, 0.15) is 0 Å². The molecule has 6 heteroatoms. The second-order valence-corrected chi connectivity index (χ2v) is 9.80. The molecule has 168 valence electrons. The summed E-state index contributed by atoms with van der Waals surface area (Å²) in [5.41, 5.74) is 2.45. The van der Waals surface area contributed by atoms with Crippen molar-refractivity contribution in [3.05, 3.63) is 35.4 Å². The van der Waals surface area contributed by atoms with Gasteiger partial charge in [-0.1, -0.05) is 37.6 Å². The van der Waals surface area contributed by atoms with E-state index in [9.17, 15) is 0 Å². The second-order valence-electron chi connectivity index (χ2n) is 8.22. The average Bonchev–Trinajstić information content (AvgIpc) is 2.78. The molecule has 2 N–H and O–H groups in total. The van der Waals surface area contributed by atoms with Crippen molar-refractivity contribution in [2.24, 2.45) is 4.99 Å². The third kappa shape index (κ3) is 8.12. The predicted molar refractivity (Wildman–Crippen MR) is 127 cm³/mol. The van der Waals surface area contributed by atoms with Crippen molar-refractivity contribution in [3.63, 3.8) is 0 Å². The Kier molecular flexibility index (Phi) is 10.3. The zero-order chi connectivity index (χ0) is 21.0. The molecule has 5 nitrogen and oxygen atoms in total. The van der Waals surface area contributed by atoms with Crippen molar-refractivity contribution in [1.82, 2.24) is 10.6 Å². The molecule has 1 aromatic rings. The number of hydrogen-bond acceptors (Lipinski definition) is 4. The van der Waals surface area contributed by atoms with Crippen LogP contribution in [-0.2, 0) is 22.6 Å². The highest BCUT2D eigenvalue weighted by molar-refractivity contribution is 7.99. The SMILES string of the molecule is CCNC(=NCc1cccc(COC2CCOCC2)c1)NC1CCCC(SCC)C1. The summed E-state index contributed by atoms with van der Waals surface area (Å²) in [7, 11) is 0. The quantitative estimate of drug-likeness (QED) is 0.444. The highest BCUT2D eigenvalue weighted by Gasteiger charge is 2.22. The van der Waals surface area contributed by atoms with Gasteiger partial charge in [0.25, 0.3) is 0 Å². The van der Waals surface area contributed by atoms with Gasteiger partial charge in [0, 0.05) is 31.1 Å². The zero-order valence-corrected chi connectivity index (χ0v) is 19.5. The smallest absolute Gasteiger partial charge is 0.191 e. The lowest BCUT2D eigenvalue weighted by molar-refractivity contribution is -0.0390. The molecule has 1 aliphatic carbocycles. The summed E-state index contributed by atoms with van der Waals surface area (Å²) in [5.74, 6) is 2.15. The van der Waals surface area contributed by atoms with Crippen LogP contribution in [0.3, 0.4) is 0 Å². The lowest BCUT2D eigenvalue weighted by atomic mass is 9.95. The first kappa shape index (κ1) is 23.4. The Balaban J connectivity index is 1.52. The summed E-state index contributed by atoms with van der Waals surface area (Å²) in [6.07, 6.45) is 7.47. The Hall–Kier alpha value is -1.24. The first-order valence-corrected chi connectivity index (χ1v) is 12.7. The molecular weight excluding hydrogens is 394 g/mol. The molecule has 2 aliphatic rings. The van der Waals surface area contributed by atoms with Crippen LogP contribution in [0, 0.1) is 0 Å². The van der Waals surface area contributed by atoms with Gasteiger partial charge in [0.05, 0.1) is 19.3 Å². The zero-order valence-electron chi connectivity index (χ0n) is 18.7. The summed E-state index contributed by atoms with van der Waals surface area (Å²) in [6.45, 7) is 8.25. The molecule has 2 atom stereocenters. The maximum absolute atomic E-state index is 6.08. The minimum absolute atomic E-state index is 0.329. The molecule has 0 radical (unpaired) electrons. The summed E-state index contributed by atoms with van der Waals surface area (Å²) >= 11 is 2.10. The van der Waals surface area contributed by atoms with E-state index in [2.05, 4.69) is 60.5 Å². The van der Waals surface area contributed by atoms with E-state index in [0.29, 0.717) is 25.3 Å². The van der Waals surface area contributed by atoms with E-state index in [-0.39, 0.29) is 0 Å².